The first-order valence-electron chi connectivity index (χ1n) is 7.76. The minimum absolute atomic E-state index is 0.310. The van der Waals surface area contributed by atoms with Gasteiger partial charge in [0.1, 0.15) is 0 Å². The summed E-state index contributed by atoms with van der Waals surface area (Å²) in [5, 5.41) is 4.74. The van der Waals surface area contributed by atoms with Crippen molar-refractivity contribution in [1.82, 2.24) is 15.2 Å². The number of nitrogens with zero attached hydrogens (tertiary/aromatic N) is 5. The summed E-state index contributed by atoms with van der Waals surface area (Å²) < 4.78 is 1.76. The average Bonchev–Trinajstić information content (AvgIpc) is 2.98. The van der Waals surface area contributed by atoms with Gasteiger partial charge in [-0.05, 0) is 13.0 Å². The number of carbonyl (C=O) groups excluding carboxylic acids is 2. The molecule has 130 valence electrons. The van der Waals surface area contributed by atoms with Crippen molar-refractivity contribution in [2.45, 2.75) is 13.0 Å². The Balaban J connectivity index is 1.87. The maximum atomic E-state index is 12.5. The molecule has 1 aromatic carbocycles. The number of amides is 3. The molecule has 0 aromatic heterocycles. The molecule has 1 saturated heterocycles. The number of hydrazone groups is 1. The van der Waals surface area contributed by atoms with Crippen LogP contribution in [0.3, 0.4) is 0 Å². The highest BCUT2D eigenvalue weighted by Crippen LogP contribution is 2.18. The molecule has 1 fully saturated rings. The third-order valence-corrected chi connectivity index (χ3v) is 4.49. The van der Waals surface area contributed by atoms with Crippen LogP contribution >= 0.6 is 11.6 Å². The number of hydrogen-bond acceptors (Lipinski definition) is 5. The van der Waals surface area contributed by atoms with Crippen molar-refractivity contribution in [2.24, 2.45) is 10.1 Å². The number of nitrogens with one attached hydrogen (secondary N) is 1. The molecular formula is C16H18ClN6O2+. The minimum Gasteiger partial charge on any atom is -0.270 e. The van der Waals surface area contributed by atoms with Crippen molar-refractivity contribution in [2.75, 3.05) is 20.6 Å². The van der Waals surface area contributed by atoms with E-state index < -0.39 is 12.1 Å². The van der Waals surface area contributed by atoms with Crippen LogP contribution in [0, 0.1) is 0 Å². The molecule has 3 rings (SSSR count). The fourth-order valence-electron chi connectivity index (χ4n) is 2.76. The van der Waals surface area contributed by atoms with Crippen LogP contribution in [-0.2, 0) is 4.79 Å². The zero-order valence-electron chi connectivity index (χ0n) is 14.1. The van der Waals surface area contributed by atoms with Crippen LogP contribution in [0.2, 0.25) is 5.02 Å². The monoisotopic (exact) mass is 361 g/mol. The molecule has 0 radical (unpaired) electrons. The van der Waals surface area contributed by atoms with Crippen LogP contribution < -0.4 is 5.43 Å². The predicted octanol–water partition coefficient (Wildman–Crippen LogP) is 0.956. The minimum atomic E-state index is -0.629. The number of carbonyl (C=O) groups is 2. The first kappa shape index (κ1) is 17.1. The summed E-state index contributed by atoms with van der Waals surface area (Å²) in [7, 11) is 3.06. The molecule has 1 atom stereocenters. The highest BCUT2D eigenvalue weighted by atomic mass is 35.5. The Labute approximate surface area is 150 Å². The quantitative estimate of drug-likeness (QED) is 0.494. The summed E-state index contributed by atoms with van der Waals surface area (Å²) in [5.41, 5.74) is 3.60. The maximum absolute atomic E-state index is 12.5. The highest BCUT2D eigenvalue weighted by Gasteiger charge is 2.50. The molecule has 25 heavy (non-hydrogen) atoms. The van der Waals surface area contributed by atoms with Crippen molar-refractivity contribution in [1.29, 1.82) is 0 Å². The van der Waals surface area contributed by atoms with Crippen LogP contribution in [0.4, 0.5) is 4.79 Å². The zero-order valence-corrected chi connectivity index (χ0v) is 14.9. The van der Waals surface area contributed by atoms with E-state index in [1.165, 1.54) is 11.9 Å². The van der Waals surface area contributed by atoms with E-state index in [0.717, 1.165) is 10.5 Å². The molecule has 0 bridgehead atoms. The summed E-state index contributed by atoms with van der Waals surface area (Å²) in [6, 6.07) is 6.27. The number of rotatable bonds is 3. The second kappa shape index (κ2) is 6.64. The van der Waals surface area contributed by atoms with Crippen LogP contribution in [0.1, 0.15) is 12.5 Å². The van der Waals surface area contributed by atoms with Crippen molar-refractivity contribution in [3.63, 3.8) is 0 Å². The Morgan fingerprint density at radius 2 is 2.04 bits per heavy atom. The number of urea groups is 1. The normalized spacial score (nSPS) is 20.5. The Morgan fingerprint density at radius 1 is 1.32 bits per heavy atom. The van der Waals surface area contributed by atoms with E-state index in [9.17, 15) is 9.59 Å². The van der Waals surface area contributed by atoms with E-state index in [1.54, 1.807) is 23.9 Å². The lowest BCUT2D eigenvalue weighted by Gasteiger charge is -2.31. The summed E-state index contributed by atoms with van der Waals surface area (Å²) >= 11 is 6.09. The Kier molecular flexibility index (Phi) is 4.54. The lowest BCUT2D eigenvalue weighted by molar-refractivity contribution is -0.533. The van der Waals surface area contributed by atoms with Gasteiger partial charge in [0.25, 0.3) is 5.91 Å². The molecule has 9 heteroatoms. The van der Waals surface area contributed by atoms with Gasteiger partial charge in [-0.1, -0.05) is 34.8 Å². The van der Waals surface area contributed by atoms with Crippen LogP contribution in [0.15, 0.2) is 34.4 Å². The third kappa shape index (κ3) is 2.89. The predicted molar refractivity (Wildman–Crippen MR) is 95.1 cm³/mol. The second-order valence-corrected chi connectivity index (χ2v) is 6.02. The van der Waals surface area contributed by atoms with Gasteiger partial charge in [0.15, 0.2) is 0 Å². The van der Waals surface area contributed by atoms with Gasteiger partial charge in [-0.15, -0.1) is 5.10 Å². The van der Waals surface area contributed by atoms with Crippen molar-refractivity contribution >= 4 is 41.5 Å². The fraction of sp³-hybridized carbons (Fsp3) is 0.312. The number of likely N-dealkylation sites (N-methyl/N-ethyl adjacent to an activating group) is 3. The summed E-state index contributed by atoms with van der Waals surface area (Å²) in [6.45, 7) is 2.44. The smallest absolute Gasteiger partial charge is 0.270 e. The van der Waals surface area contributed by atoms with E-state index in [4.69, 9.17) is 11.6 Å². The first-order chi connectivity index (χ1) is 12.0. The molecule has 8 nitrogen and oxygen atoms in total. The fourth-order valence-corrected chi connectivity index (χ4v) is 2.94. The molecular weight excluding hydrogens is 344 g/mol. The number of benzene rings is 1. The van der Waals surface area contributed by atoms with Crippen LogP contribution in [0.25, 0.3) is 0 Å². The molecule has 1 N–H and O–H groups in total. The number of fused-ring (bicyclic) bond motifs is 1. The van der Waals surface area contributed by atoms with E-state index in [1.807, 2.05) is 25.1 Å². The van der Waals surface area contributed by atoms with Gasteiger partial charge in [-0.2, -0.15) is 5.43 Å². The first-order valence-corrected chi connectivity index (χ1v) is 8.14. The van der Waals surface area contributed by atoms with Gasteiger partial charge in [0.2, 0.25) is 11.9 Å². The number of imide groups is 1. The summed E-state index contributed by atoms with van der Waals surface area (Å²) in [4.78, 5) is 31.4. The average molecular weight is 362 g/mol. The number of aliphatic imine (C=N–C) groups is 1. The molecule has 2 aliphatic rings. The molecule has 3 amide bonds. The van der Waals surface area contributed by atoms with E-state index in [2.05, 4.69) is 15.5 Å². The van der Waals surface area contributed by atoms with Gasteiger partial charge in [0, 0.05) is 24.7 Å². The molecule has 2 aliphatic heterocycles. The van der Waals surface area contributed by atoms with Gasteiger partial charge in [0.05, 0.1) is 12.8 Å². The molecule has 2 heterocycles. The largest absolute Gasteiger partial charge is 0.413 e. The van der Waals surface area contributed by atoms with Gasteiger partial charge >= 0.3 is 12.0 Å². The van der Waals surface area contributed by atoms with Gasteiger partial charge in [-0.25, -0.2) is 9.37 Å². The standard InChI is InChI=1S/C16H17ClN6O2/c1-4-23-12-13(21(2)16(25)22(3)14(12)24)19-15(23)20-18-9-10-7-5-6-8-11(10)17/h5-9,12H,4H2,1-3H3/p+1/b18-9+. The number of halogens is 1. The van der Waals surface area contributed by atoms with Crippen LogP contribution in [-0.4, -0.2) is 71.0 Å². The van der Waals surface area contributed by atoms with Crippen molar-refractivity contribution < 1.29 is 14.2 Å². The third-order valence-electron chi connectivity index (χ3n) is 4.14. The number of amidine groups is 1. The van der Waals surface area contributed by atoms with Crippen molar-refractivity contribution in [3.05, 3.63) is 34.9 Å². The lowest BCUT2D eigenvalue weighted by Crippen LogP contribution is -2.61. The Hall–Kier alpha value is -2.74. The van der Waals surface area contributed by atoms with E-state index in [0.29, 0.717) is 23.4 Å². The lowest BCUT2D eigenvalue weighted by atomic mass is 10.1. The summed E-state index contributed by atoms with van der Waals surface area (Å²) in [5.74, 6) is 0.495. The molecule has 0 aliphatic carbocycles. The number of guanidine groups is 1. The Morgan fingerprint density at radius 3 is 2.72 bits per heavy atom. The zero-order chi connectivity index (χ0) is 18.1. The van der Waals surface area contributed by atoms with E-state index in [-0.39, 0.29) is 5.91 Å². The van der Waals surface area contributed by atoms with Gasteiger partial charge < -0.3 is 0 Å². The molecule has 0 saturated carbocycles. The van der Waals surface area contributed by atoms with Crippen LogP contribution in [0.5, 0.6) is 0 Å². The van der Waals surface area contributed by atoms with Gasteiger partial charge in [-0.3, -0.25) is 14.6 Å². The Bertz CT molecular complexity index is 832. The SMILES string of the molecule is CC[N+]1=C(N/N=C/c2ccccc2Cl)N=C2C1C(=O)N(C)C(=O)N2C. The topological polar surface area (TPSA) is 80.4 Å². The molecule has 1 unspecified atom stereocenters. The number of hydrogen-bond donors (Lipinski definition) is 1. The van der Waals surface area contributed by atoms with E-state index >= 15 is 0 Å². The maximum Gasteiger partial charge on any atom is 0.413 e. The molecule has 0 spiro atoms. The van der Waals surface area contributed by atoms with Crippen molar-refractivity contribution in [3.8, 4) is 0 Å². The highest BCUT2D eigenvalue weighted by molar-refractivity contribution is 6.33. The molecule has 1 aromatic rings. The summed E-state index contributed by atoms with van der Waals surface area (Å²) in [6.07, 6.45) is 1.58. The second-order valence-electron chi connectivity index (χ2n) is 5.61.